The van der Waals surface area contributed by atoms with Crippen LogP contribution in [0.5, 0.6) is 0 Å². The molecule has 0 aliphatic carbocycles. The van der Waals surface area contributed by atoms with Gasteiger partial charge >= 0.3 is 0 Å². The lowest BCUT2D eigenvalue weighted by atomic mass is 10.1. The van der Waals surface area contributed by atoms with Gasteiger partial charge in [0.2, 0.25) is 0 Å². The molecule has 0 saturated carbocycles. The van der Waals surface area contributed by atoms with Crippen molar-refractivity contribution in [1.29, 1.82) is 0 Å². The van der Waals surface area contributed by atoms with Gasteiger partial charge in [-0.1, -0.05) is 12.8 Å². The minimum absolute atomic E-state index is 0.355. The van der Waals surface area contributed by atoms with E-state index in [1.54, 1.807) is 6.26 Å². The summed E-state index contributed by atoms with van der Waals surface area (Å²) in [7, 11) is 0. The van der Waals surface area contributed by atoms with E-state index in [0.29, 0.717) is 12.5 Å². The highest BCUT2D eigenvalue weighted by atomic mass is 16.3. The van der Waals surface area contributed by atoms with Gasteiger partial charge in [0.25, 0.3) is 0 Å². The van der Waals surface area contributed by atoms with Gasteiger partial charge in [0.05, 0.1) is 6.26 Å². The first-order chi connectivity index (χ1) is 7.90. The van der Waals surface area contributed by atoms with Crippen molar-refractivity contribution in [3.05, 3.63) is 24.2 Å². The summed E-state index contributed by atoms with van der Waals surface area (Å²) in [6.07, 6.45) is 7.15. The molecule has 1 aromatic heterocycles. The largest absolute Gasteiger partial charge is 0.469 e. The molecule has 2 heterocycles. The van der Waals surface area contributed by atoms with E-state index in [9.17, 15) is 0 Å². The molecule has 3 nitrogen and oxygen atoms in total. The van der Waals surface area contributed by atoms with Crippen LogP contribution in [0.4, 0.5) is 0 Å². The number of hydrogen-bond donors (Lipinski definition) is 1. The lowest BCUT2D eigenvalue weighted by Gasteiger charge is -2.24. The minimum atomic E-state index is 0.355. The summed E-state index contributed by atoms with van der Waals surface area (Å²) in [4.78, 5) is 2.53. The lowest BCUT2D eigenvalue weighted by molar-refractivity contribution is 0.256. The van der Waals surface area contributed by atoms with Gasteiger partial charge in [0.1, 0.15) is 5.76 Å². The Bertz CT molecular complexity index is 276. The molecule has 1 atom stereocenters. The fourth-order valence-corrected chi connectivity index (χ4v) is 2.43. The highest BCUT2D eigenvalue weighted by Gasteiger charge is 2.17. The first-order valence-corrected chi connectivity index (χ1v) is 6.36. The van der Waals surface area contributed by atoms with Gasteiger partial charge in [0.15, 0.2) is 0 Å². The Morgan fingerprint density at radius 2 is 2.00 bits per heavy atom. The van der Waals surface area contributed by atoms with E-state index in [2.05, 4.69) is 4.90 Å². The zero-order valence-corrected chi connectivity index (χ0v) is 9.90. The zero-order chi connectivity index (χ0) is 11.2. The number of nitrogens with zero attached hydrogens (tertiary/aromatic N) is 1. The van der Waals surface area contributed by atoms with Gasteiger partial charge in [-0.25, -0.2) is 0 Å². The Balaban J connectivity index is 1.90. The standard InChI is InChI=1S/C13H22N2O/c14-10-12(13-6-5-9-16-13)11-15-7-3-1-2-4-8-15/h5-6,9,12H,1-4,7-8,10-11,14H2. The van der Waals surface area contributed by atoms with Crippen molar-refractivity contribution in [3.8, 4) is 0 Å². The van der Waals surface area contributed by atoms with Gasteiger partial charge in [-0.05, 0) is 38.1 Å². The highest BCUT2D eigenvalue weighted by Crippen LogP contribution is 2.18. The number of rotatable bonds is 4. The number of hydrogen-bond acceptors (Lipinski definition) is 3. The van der Waals surface area contributed by atoms with Crippen LogP contribution in [0.1, 0.15) is 37.4 Å². The molecule has 0 spiro atoms. The second-order valence-electron chi connectivity index (χ2n) is 4.66. The van der Waals surface area contributed by atoms with Crippen molar-refractivity contribution in [1.82, 2.24) is 4.90 Å². The fourth-order valence-electron chi connectivity index (χ4n) is 2.43. The van der Waals surface area contributed by atoms with Gasteiger partial charge in [-0.2, -0.15) is 0 Å². The third-order valence-corrected chi connectivity index (χ3v) is 3.41. The fraction of sp³-hybridized carbons (Fsp3) is 0.692. The van der Waals surface area contributed by atoms with Crippen LogP contribution in [0, 0.1) is 0 Å². The molecule has 1 aromatic rings. The molecular formula is C13H22N2O. The third-order valence-electron chi connectivity index (χ3n) is 3.41. The average molecular weight is 222 g/mol. The first kappa shape index (κ1) is 11.7. The van der Waals surface area contributed by atoms with Crippen LogP contribution in [-0.4, -0.2) is 31.1 Å². The molecule has 0 radical (unpaired) electrons. The van der Waals surface area contributed by atoms with Crippen molar-refractivity contribution in [2.75, 3.05) is 26.2 Å². The molecule has 16 heavy (non-hydrogen) atoms. The third kappa shape index (κ3) is 3.09. The first-order valence-electron chi connectivity index (χ1n) is 6.36. The monoisotopic (exact) mass is 222 g/mol. The van der Waals surface area contributed by atoms with Crippen LogP contribution in [0.25, 0.3) is 0 Å². The molecule has 3 heteroatoms. The number of nitrogens with two attached hydrogens (primary N) is 1. The molecule has 1 saturated heterocycles. The smallest absolute Gasteiger partial charge is 0.109 e. The molecule has 0 bridgehead atoms. The normalized spacial score (nSPS) is 20.6. The van der Waals surface area contributed by atoms with E-state index in [4.69, 9.17) is 10.2 Å². The van der Waals surface area contributed by atoms with Gasteiger partial charge < -0.3 is 15.1 Å². The molecule has 90 valence electrons. The maximum Gasteiger partial charge on any atom is 0.109 e. The Hall–Kier alpha value is -0.800. The van der Waals surface area contributed by atoms with Crippen LogP contribution in [0.3, 0.4) is 0 Å². The molecule has 1 fully saturated rings. The van der Waals surface area contributed by atoms with Gasteiger partial charge in [-0.15, -0.1) is 0 Å². The Morgan fingerprint density at radius 3 is 2.56 bits per heavy atom. The summed E-state index contributed by atoms with van der Waals surface area (Å²) in [5.74, 6) is 1.39. The highest BCUT2D eigenvalue weighted by molar-refractivity contribution is 5.06. The van der Waals surface area contributed by atoms with Crippen LogP contribution in [0.15, 0.2) is 22.8 Å². The van der Waals surface area contributed by atoms with Crippen LogP contribution in [0.2, 0.25) is 0 Å². The van der Waals surface area contributed by atoms with Crippen molar-refractivity contribution >= 4 is 0 Å². The zero-order valence-electron chi connectivity index (χ0n) is 9.90. The van der Waals surface area contributed by atoms with E-state index in [1.165, 1.54) is 38.8 Å². The Kier molecular flexibility index (Phi) is 4.43. The lowest BCUT2D eigenvalue weighted by Crippen LogP contribution is -2.32. The van der Waals surface area contributed by atoms with Crippen molar-refractivity contribution < 1.29 is 4.42 Å². The second-order valence-corrected chi connectivity index (χ2v) is 4.66. The van der Waals surface area contributed by atoms with E-state index in [1.807, 2.05) is 12.1 Å². The van der Waals surface area contributed by atoms with E-state index in [0.717, 1.165) is 12.3 Å². The van der Waals surface area contributed by atoms with E-state index in [-0.39, 0.29) is 0 Å². The Morgan fingerprint density at radius 1 is 1.25 bits per heavy atom. The quantitative estimate of drug-likeness (QED) is 0.849. The van der Waals surface area contributed by atoms with Crippen molar-refractivity contribution in [2.24, 2.45) is 5.73 Å². The summed E-state index contributed by atoms with van der Waals surface area (Å²) >= 11 is 0. The summed E-state index contributed by atoms with van der Waals surface area (Å²) < 4.78 is 5.45. The summed E-state index contributed by atoms with van der Waals surface area (Å²) in [5.41, 5.74) is 5.83. The predicted molar refractivity (Wildman–Crippen MR) is 65.4 cm³/mol. The number of furan rings is 1. The molecule has 1 unspecified atom stereocenters. The number of likely N-dealkylation sites (tertiary alicyclic amines) is 1. The summed E-state index contributed by atoms with van der Waals surface area (Å²) in [6.45, 7) is 4.16. The molecule has 0 amide bonds. The maximum atomic E-state index is 5.83. The second kappa shape index (κ2) is 6.06. The predicted octanol–water partition coefficient (Wildman–Crippen LogP) is 2.20. The molecule has 2 N–H and O–H groups in total. The minimum Gasteiger partial charge on any atom is -0.469 e. The topological polar surface area (TPSA) is 42.4 Å². The molecule has 1 aliphatic heterocycles. The summed E-state index contributed by atoms with van der Waals surface area (Å²) in [6, 6.07) is 3.98. The molecule has 1 aliphatic rings. The van der Waals surface area contributed by atoms with Crippen LogP contribution >= 0.6 is 0 Å². The van der Waals surface area contributed by atoms with Crippen LogP contribution < -0.4 is 5.73 Å². The Labute approximate surface area is 97.6 Å². The van der Waals surface area contributed by atoms with E-state index < -0.39 is 0 Å². The van der Waals surface area contributed by atoms with Crippen molar-refractivity contribution in [3.63, 3.8) is 0 Å². The van der Waals surface area contributed by atoms with Gasteiger partial charge in [0, 0.05) is 19.0 Å². The SMILES string of the molecule is NCC(CN1CCCCCC1)c1ccco1. The summed E-state index contributed by atoms with van der Waals surface area (Å²) in [5, 5.41) is 0. The molecule has 2 rings (SSSR count). The average Bonchev–Trinajstić information content (AvgIpc) is 2.71. The molecular weight excluding hydrogens is 200 g/mol. The van der Waals surface area contributed by atoms with Crippen molar-refractivity contribution in [2.45, 2.75) is 31.6 Å². The maximum absolute atomic E-state index is 5.83. The molecule has 0 aromatic carbocycles. The van der Waals surface area contributed by atoms with Crippen LogP contribution in [-0.2, 0) is 0 Å². The van der Waals surface area contributed by atoms with Gasteiger partial charge in [-0.3, -0.25) is 0 Å². The van der Waals surface area contributed by atoms with E-state index >= 15 is 0 Å².